The van der Waals surface area contributed by atoms with Crippen LogP contribution in [0.4, 0.5) is 0 Å². The number of nitrogens with zero attached hydrogens (tertiary/aromatic N) is 3. The van der Waals surface area contributed by atoms with E-state index in [1.807, 2.05) is 76.0 Å². The summed E-state index contributed by atoms with van der Waals surface area (Å²) < 4.78 is 10.8. The van der Waals surface area contributed by atoms with Crippen LogP contribution in [0.25, 0.3) is 10.8 Å². The third-order valence-corrected chi connectivity index (χ3v) is 11.5. The van der Waals surface area contributed by atoms with Crippen molar-refractivity contribution in [2.24, 2.45) is 17.8 Å². The van der Waals surface area contributed by atoms with E-state index in [2.05, 4.69) is 21.7 Å². The summed E-state index contributed by atoms with van der Waals surface area (Å²) in [6.45, 7) is 11.7. The Kier molecular flexibility index (Phi) is 15.8. The fourth-order valence-corrected chi connectivity index (χ4v) is 8.25. The van der Waals surface area contributed by atoms with Crippen molar-refractivity contribution < 1.29 is 33.4 Å². The fraction of sp³-hybridized carbons (Fsp3) is 0.571. The summed E-state index contributed by atoms with van der Waals surface area (Å²) in [5.41, 5.74) is 1.17. The van der Waals surface area contributed by atoms with Gasteiger partial charge in [-0.25, -0.2) is 4.98 Å². The number of likely N-dealkylation sites (N-methyl/N-ethyl adjacent to an activating group) is 2. The Morgan fingerprint density at radius 3 is 2.31 bits per heavy atom. The van der Waals surface area contributed by atoms with Crippen LogP contribution >= 0.6 is 11.3 Å². The molecule has 12 nitrogen and oxygen atoms in total. The number of methoxy groups -OCH3 is 1. The summed E-state index contributed by atoms with van der Waals surface area (Å²) in [5, 5.41) is 10.4. The van der Waals surface area contributed by atoms with E-state index in [0.717, 1.165) is 42.1 Å². The van der Waals surface area contributed by atoms with E-state index in [9.17, 15) is 24.0 Å². The summed E-state index contributed by atoms with van der Waals surface area (Å²) in [5.74, 6) is -2.33. The Morgan fingerprint density at radius 2 is 1.67 bits per heavy atom. The van der Waals surface area contributed by atoms with Crippen molar-refractivity contribution in [3.8, 4) is 0 Å². The molecule has 5 unspecified atom stereocenters. The molecule has 0 radical (unpaired) electrons. The van der Waals surface area contributed by atoms with Crippen molar-refractivity contribution >= 4 is 51.8 Å². The number of carbonyl (C=O) groups is 5. The second-order valence-corrected chi connectivity index (χ2v) is 16.5. The third kappa shape index (κ3) is 11.8. The molecule has 1 fully saturated rings. The standard InChI is InChI=1S/C42H59N5O7S/c1-25(2)35(47(8)41(51)37(26(3)4)45-39(50)34-16-12-13-19-46(34)7)23-36(54-28(6)48)40-44-33(24-55-40)38(49)43-32(20-27(5)42(52)53-9)22-29-17-18-30-14-10-11-15-31(30)21-29/h10-11,14-15,17-18,21,24-27,32,34-37H,12-13,16,19-20,22-23H2,1-9H3,(H,43,49)(H,45,50)/t27-,32?,34?,35?,36?,37?/m0/s1. The van der Waals surface area contributed by atoms with Crippen LogP contribution < -0.4 is 10.6 Å². The highest BCUT2D eigenvalue weighted by molar-refractivity contribution is 7.09. The molecule has 0 bridgehead atoms. The zero-order chi connectivity index (χ0) is 40.4. The lowest BCUT2D eigenvalue weighted by Crippen LogP contribution is -2.57. The number of amides is 3. The number of fused-ring (bicyclic) bond motifs is 1. The first-order valence-corrected chi connectivity index (χ1v) is 20.2. The number of benzene rings is 2. The molecule has 3 aromatic rings. The van der Waals surface area contributed by atoms with Gasteiger partial charge in [-0.3, -0.25) is 28.9 Å². The summed E-state index contributed by atoms with van der Waals surface area (Å²) in [7, 11) is 5.01. The molecule has 1 aromatic heterocycles. The van der Waals surface area contributed by atoms with E-state index in [4.69, 9.17) is 9.47 Å². The maximum atomic E-state index is 14.1. The normalized spacial score (nSPS) is 17.5. The number of aromatic nitrogens is 1. The van der Waals surface area contributed by atoms with E-state index >= 15 is 0 Å². The summed E-state index contributed by atoms with van der Waals surface area (Å²) >= 11 is 1.20. The molecule has 2 aromatic carbocycles. The average molecular weight is 778 g/mol. The lowest BCUT2D eigenvalue weighted by molar-refractivity contribution is -0.149. The van der Waals surface area contributed by atoms with Gasteiger partial charge >= 0.3 is 11.9 Å². The molecule has 3 amide bonds. The van der Waals surface area contributed by atoms with E-state index < -0.39 is 36.0 Å². The molecule has 1 aliphatic heterocycles. The van der Waals surface area contributed by atoms with Gasteiger partial charge in [0, 0.05) is 37.9 Å². The molecule has 1 saturated heterocycles. The van der Waals surface area contributed by atoms with E-state index in [-0.39, 0.29) is 53.8 Å². The van der Waals surface area contributed by atoms with Crippen molar-refractivity contribution in [2.45, 2.75) is 110 Å². The second kappa shape index (κ2) is 20.0. The number of likely N-dealkylation sites (tertiary alicyclic amines) is 1. The van der Waals surface area contributed by atoms with Crippen molar-refractivity contribution in [3.05, 3.63) is 64.1 Å². The molecule has 55 heavy (non-hydrogen) atoms. The number of ether oxygens (including phenoxy) is 2. The average Bonchev–Trinajstić information content (AvgIpc) is 3.65. The molecule has 0 saturated carbocycles. The van der Waals surface area contributed by atoms with Gasteiger partial charge in [-0.05, 0) is 67.4 Å². The SMILES string of the molecule is COC(=O)[C@@H](C)CC(Cc1ccc2ccccc2c1)NC(=O)c1csc(C(CC(C(C)C)N(C)C(=O)C(NC(=O)C2CCCCN2C)C(C)C)OC(C)=O)n1. The fourth-order valence-electron chi connectivity index (χ4n) is 7.42. The molecule has 2 N–H and O–H groups in total. The van der Waals surface area contributed by atoms with Gasteiger partial charge in [0.15, 0.2) is 6.10 Å². The van der Waals surface area contributed by atoms with Gasteiger partial charge in [0.1, 0.15) is 16.7 Å². The van der Waals surface area contributed by atoms with Crippen molar-refractivity contribution in [3.63, 3.8) is 0 Å². The number of esters is 2. The first-order chi connectivity index (χ1) is 26.1. The number of nitrogens with one attached hydrogen (secondary N) is 2. The Hall–Kier alpha value is -4.36. The lowest BCUT2D eigenvalue weighted by atomic mass is 9.94. The second-order valence-electron chi connectivity index (χ2n) is 15.6. The minimum Gasteiger partial charge on any atom is -0.469 e. The smallest absolute Gasteiger partial charge is 0.308 e. The quantitative estimate of drug-likeness (QED) is 0.159. The summed E-state index contributed by atoms with van der Waals surface area (Å²) in [6, 6.07) is 12.4. The molecular formula is C42H59N5O7S. The van der Waals surface area contributed by atoms with Gasteiger partial charge in [0.05, 0.1) is 19.1 Å². The van der Waals surface area contributed by atoms with Crippen LogP contribution in [0.3, 0.4) is 0 Å². The van der Waals surface area contributed by atoms with Crippen LogP contribution in [0.2, 0.25) is 0 Å². The molecule has 13 heteroatoms. The third-order valence-electron chi connectivity index (χ3n) is 10.6. The van der Waals surface area contributed by atoms with Crippen molar-refractivity contribution in [1.29, 1.82) is 0 Å². The molecule has 0 aliphatic carbocycles. The number of hydrogen-bond acceptors (Lipinski definition) is 10. The van der Waals surface area contributed by atoms with E-state index in [0.29, 0.717) is 17.8 Å². The maximum Gasteiger partial charge on any atom is 0.308 e. The largest absolute Gasteiger partial charge is 0.469 e. The summed E-state index contributed by atoms with van der Waals surface area (Å²) in [4.78, 5) is 74.3. The Bertz CT molecular complexity index is 1790. The highest BCUT2D eigenvalue weighted by Gasteiger charge is 2.37. The van der Waals surface area contributed by atoms with Crippen molar-refractivity contribution in [2.75, 3.05) is 27.7 Å². The van der Waals surface area contributed by atoms with Gasteiger partial charge in [-0.2, -0.15) is 0 Å². The first-order valence-electron chi connectivity index (χ1n) is 19.4. The number of rotatable bonds is 17. The Balaban J connectivity index is 1.52. The highest BCUT2D eigenvalue weighted by atomic mass is 32.1. The predicted molar refractivity (Wildman–Crippen MR) is 214 cm³/mol. The Morgan fingerprint density at radius 1 is 0.964 bits per heavy atom. The zero-order valence-electron chi connectivity index (χ0n) is 33.8. The van der Waals surface area contributed by atoms with Crippen LogP contribution in [0.5, 0.6) is 0 Å². The number of carbonyl (C=O) groups excluding carboxylic acids is 5. The first kappa shape index (κ1) is 43.4. The molecule has 300 valence electrons. The van der Waals surface area contributed by atoms with Gasteiger partial charge in [0.2, 0.25) is 11.8 Å². The van der Waals surface area contributed by atoms with Gasteiger partial charge in [0.25, 0.3) is 5.91 Å². The highest BCUT2D eigenvalue weighted by Crippen LogP contribution is 2.31. The molecule has 1 aliphatic rings. The number of thiazole rings is 1. The van der Waals surface area contributed by atoms with Crippen LogP contribution in [-0.2, 0) is 35.1 Å². The minimum atomic E-state index is -0.831. The lowest BCUT2D eigenvalue weighted by Gasteiger charge is -2.37. The zero-order valence-corrected chi connectivity index (χ0v) is 34.6. The van der Waals surface area contributed by atoms with Gasteiger partial charge in [-0.1, -0.05) is 83.5 Å². The molecule has 6 atom stereocenters. The van der Waals surface area contributed by atoms with Crippen LogP contribution in [0.1, 0.15) is 101 Å². The Labute approximate surface area is 329 Å². The molecule has 2 heterocycles. The molecule has 4 rings (SSSR count). The van der Waals surface area contributed by atoms with E-state index in [1.54, 1.807) is 24.3 Å². The van der Waals surface area contributed by atoms with Crippen LogP contribution in [0, 0.1) is 17.8 Å². The number of hydrogen-bond donors (Lipinski definition) is 2. The molecule has 0 spiro atoms. The molecular weight excluding hydrogens is 719 g/mol. The van der Waals surface area contributed by atoms with Gasteiger partial charge in [-0.15, -0.1) is 11.3 Å². The van der Waals surface area contributed by atoms with E-state index in [1.165, 1.54) is 25.4 Å². The predicted octanol–water partition coefficient (Wildman–Crippen LogP) is 5.94. The van der Waals surface area contributed by atoms with Crippen molar-refractivity contribution in [1.82, 2.24) is 25.4 Å². The summed E-state index contributed by atoms with van der Waals surface area (Å²) in [6.07, 6.45) is 3.00. The number of piperidine rings is 1. The van der Waals surface area contributed by atoms with Crippen LogP contribution in [-0.4, -0.2) is 96.4 Å². The maximum absolute atomic E-state index is 14.1. The minimum absolute atomic E-state index is 0.0459. The van der Waals surface area contributed by atoms with Crippen LogP contribution in [0.15, 0.2) is 47.8 Å². The van der Waals surface area contributed by atoms with Gasteiger partial charge < -0.3 is 25.0 Å². The monoisotopic (exact) mass is 777 g/mol. The topological polar surface area (TPSA) is 147 Å².